The molecule has 15 heavy (non-hydrogen) atoms. The highest BCUT2D eigenvalue weighted by molar-refractivity contribution is 9.10. The molecule has 0 aliphatic carbocycles. The topological polar surface area (TPSA) is 46.2 Å². The second kappa shape index (κ2) is 5.05. The molecule has 0 saturated carbocycles. The third-order valence-electron chi connectivity index (χ3n) is 2.42. The van der Waals surface area contributed by atoms with Crippen LogP contribution in [0.4, 0.5) is 4.39 Å². The molecule has 0 radical (unpaired) electrons. The molecule has 2 nitrogen and oxygen atoms in total. The summed E-state index contributed by atoms with van der Waals surface area (Å²) in [5.41, 5.74) is 6.45. The van der Waals surface area contributed by atoms with Crippen molar-refractivity contribution in [3.63, 3.8) is 0 Å². The Bertz CT molecular complexity index is 343. The van der Waals surface area contributed by atoms with Crippen molar-refractivity contribution in [1.29, 1.82) is 0 Å². The van der Waals surface area contributed by atoms with Gasteiger partial charge in [-0.2, -0.15) is 0 Å². The van der Waals surface area contributed by atoms with Gasteiger partial charge in [0.2, 0.25) is 0 Å². The van der Waals surface area contributed by atoms with Crippen molar-refractivity contribution >= 4 is 15.9 Å². The second-order valence-corrected chi connectivity index (χ2v) is 4.79. The highest BCUT2D eigenvalue weighted by Gasteiger charge is 2.20. The molecule has 0 spiro atoms. The van der Waals surface area contributed by atoms with Gasteiger partial charge in [-0.15, -0.1) is 0 Å². The fourth-order valence-electron chi connectivity index (χ4n) is 1.28. The molecule has 4 heteroatoms. The normalized spacial score (nSPS) is 15.4. The van der Waals surface area contributed by atoms with Crippen LogP contribution in [0.2, 0.25) is 0 Å². The van der Waals surface area contributed by atoms with Gasteiger partial charge in [0, 0.05) is 6.04 Å². The fraction of sp³-hybridized carbons (Fsp3) is 0.455. The molecule has 2 atom stereocenters. The van der Waals surface area contributed by atoms with Crippen LogP contribution in [0, 0.1) is 11.7 Å². The van der Waals surface area contributed by atoms with E-state index in [9.17, 15) is 9.50 Å². The number of nitrogens with two attached hydrogens (primary N) is 1. The maximum atomic E-state index is 13.0. The number of aliphatic hydroxyl groups excluding tert-OH is 1. The van der Waals surface area contributed by atoms with Crippen molar-refractivity contribution in [1.82, 2.24) is 0 Å². The first-order valence-electron chi connectivity index (χ1n) is 4.82. The van der Waals surface area contributed by atoms with Crippen LogP contribution in [0.15, 0.2) is 22.7 Å². The van der Waals surface area contributed by atoms with Gasteiger partial charge in [0.05, 0.1) is 10.6 Å². The minimum atomic E-state index is -0.762. The Hall–Kier alpha value is -0.450. The molecule has 0 aromatic heterocycles. The first-order chi connectivity index (χ1) is 6.93. The molecule has 0 fully saturated rings. The van der Waals surface area contributed by atoms with Crippen molar-refractivity contribution in [2.45, 2.75) is 26.0 Å². The van der Waals surface area contributed by atoms with E-state index in [1.807, 2.05) is 13.8 Å². The zero-order valence-electron chi connectivity index (χ0n) is 8.74. The molecule has 1 aromatic rings. The lowest BCUT2D eigenvalue weighted by Gasteiger charge is -2.22. The van der Waals surface area contributed by atoms with E-state index in [-0.39, 0.29) is 17.8 Å². The molecule has 0 aliphatic rings. The van der Waals surface area contributed by atoms with Gasteiger partial charge in [-0.05, 0) is 39.5 Å². The van der Waals surface area contributed by atoms with Crippen LogP contribution >= 0.6 is 15.9 Å². The molecule has 0 amide bonds. The lowest BCUT2D eigenvalue weighted by Crippen LogP contribution is -2.33. The summed E-state index contributed by atoms with van der Waals surface area (Å²) in [6.07, 6.45) is -0.762. The van der Waals surface area contributed by atoms with Gasteiger partial charge < -0.3 is 10.8 Å². The standard InChI is InChI=1S/C11H15BrFNO/c1-6(2)10(14)11(15)7-3-4-9(13)8(12)5-7/h3-6,10-11,15H,14H2,1-2H3. The highest BCUT2D eigenvalue weighted by Crippen LogP contribution is 2.24. The molecule has 2 unspecified atom stereocenters. The van der Waals surface area contributed by atoms with Crippen LogP contribution in [0.1, 0.15) is 25.5 Å². The quantitative estimate of drug-likeness (QED) is 0.891. The first-order valence-corrected chi connectivity index (χ1v) is 5.61. The summed E-state index contributed by atoms with van der Waals surface area (Å²) in [5, 5.41) is 9.91. The summed E-state index contributed by atoms with van der Waals surface area (Å²) in [4.78, 5) is 0. The van der Waals surface area contributed by atoms with Crippen LogP contribution in [-0.4, -0.2) is 11.1 Å². The number of hydrogen-bond acceptors (Lipinski definition) is 2. The Morgan fingerprint density at radius 3 is 2.47 bits per heavy atom. The van der Waals surface area contributed by atoms with Gasteiger partial charge in [-0.1, -0.05) is 19.9 Å². The number of benzene rings is 1. The summed E-state index contributed by atoms with van der Waals surface area (Å²) in [7, 11) is 0. The molecular formula is C11H15BrFNO. The van der Waals surface area contributed by atoms with Crippen LogP contribution in [0.3, 0.4) is 0 Å². The van der Waals surface area contributed by atoms with E-state index in [1.165, 1.54) is 6.07 Å². The molecule has 1 aromatic carbocycles. The van der Waals surface area contributed by atoms with E-state index >= 15 is 0 Å². The van der Waals surface area contributed by atoms with Crippen molar-refractivity contribution in [3.8, 4) is 0 Å². The average molecular weight is 276 g/mol. The van der Waals surface area contributed by atoms with E-state index in [4.69, 9.17) is 5.73 Å². The summed E-state index contributed by atoms with van der Waals surface area (Å²) in [6, 6.07) is 4.08. The molecular weight excluding hydrogens is 261 g/mol. The molecule has 3 N–H and O–H groups in total. The molecule has 0 bridgehead atoms. The summed E-state index contributed by atoms with van der Waals surface area (Å²) >= 11 is 3.07. The van der Waals surface area contributed by atoms with Crippen molar-refractivity contribution in [2.24, 2.45) is 11.7 Å². The Morgan fingerprint density at radius 1 is 1.40 bits per heavy atom. The van der Waals surface area contributed by atoms with Gasteiger partial charge in [-0.25, -0.2) is 4.39 Å². The van der Waals surface area contributed by atoms with Crippen molar-refractivity contribution in [3.05, 3.63) is 34.1 Å². The SMILES string of the molecule is CC(C)C(N)C(O)c1ccc(F)c(Br)c1. The minimum Gasteiger partial charge on any atom is -0.387 e. The maximum Gasteiger partial charge on any atom is 0.137 e. The van der Waals surface area contributed by atoms with Crippen LogP contribution in [-0.2, 0) is 0 Å². The monoisotopic (exact) mass is 275 g/mol. The van der Waals surface area contributed by atoms with Gasteiger partial charge in [0.25, 0.3) is 0 Å². The average Bonchev–Trinajstić information content (AvgIpc) is 2.19. The van der Waals surface area contributed by atoms with Crippen LogP contribution in [0.25, 0.3) is 0 Å². The fourth-order valence-corrected chi connectivity index (χ4v) is 1.68. The summed E-state index contributed by atoms with van der Waals surface area (Å²) in [6.45, 7) is 3.87. The second-order valence-electron chi connectivity index (χ2n) is 3.94. The van der Waals surface area contributed by atoms with Crippen molar-refractivity contribution in [2.75, 3.05) is 0 Å². The molecule has 0 aliphatic heterocycles. The summed E-state index contributed by atoms with van der Waals surface area (Å²) < 4.78 is 13.3. The largest absolute Gasteiger partial charge is 0.387 e. The zero-order valence-corrected chi connectivity index (χ0v) is 10.3. The number of aliphatic hydroxyl groups is 1. The van der Waals surface area contributed by atoms with E-state index in [1.54, 1.807) is 12.1 Å². The predicted molar refractivity (Wildman–Crippen MR) is 61.9 cm³/mol. The van der Waals surface area contributed by atoms with Gasteiger partial charge in [0.15, 0.2) is 0 Å². The third-order valence-corrected chi connectivity index (χ3v) is 3.03. The number of hydrogen-bond donors (Lipinski definition) is 2. The molecule has 1 rings (SSSR count). The Kier molecular flexibility index (Phi) is 4.25. The predicted octanol–water partition coefficient (Wildman–Crippen LogP) is 2.60. The van der Waals surface area contributed by atoms with Gasteiger partial charge in [-0.3, -0.25) is 0 Å². The van der Waals surface area contributed by atoms with E-state index in [2.05, 4.69) is 15.9 Å². The van der Waals surface area contributed by atoms with Crippen molar-refractivity contribution < 1.29 is 9.50 Å². The Morgan fingerprint density at radius 2 is 2.00 bits per heavy atom. The molecule has 0 heterocycles. The van der Waals surface area contributed by atoms with E-state index in [0.717, 1.165) is 0 Å². The van der Waals surface area contributed by atoms with E-state index < -0.39 is 6.10 Å². The maximum absolute atomic E-state index is 13.0. The van der Waals surface area contributed by atoms with Gasteiger partial charge in [0.1, 0.15) is 5.82 Å². The van der Waals surface area contributed by atoms with E-state index in [0.29, 0.717) is 10.0 Å². The highest BCUT2D eigenvalue weighted by atomic mass is 79.9. The van der Waals surface area contributed by atoms with Gasteiger partial charge >= 0.3 is 0 Å². The number of halogens is 2. The Labute approximate surface area is 97.4 Å². The first kappa shape index (κ1) is 12.6. The third kappa shape index (κ3) is 3.00. The number of rotatable bonds is 3. The van der Waals surface area contributed by atoms with Crippen LogP contribution < -0.4 is 5.73 Å². The zero-order chi connectivity index (χ0) is 11.6. The van der Waals surface area contributed by atoms with Crippen LogP contribution in [0.5, 0.6) is 0 Å². The minimum absolute atomic E-state index is 0.170. The lowest BCUT2D eigenvalue weighted by molar-refractivity contribution is 0.125. The Balaban J connectivity index is 2.91. The smallest absolute Gasteiger partial charge is 0.137 e. The summed E-state index contributed by atoms with van der Waals surface area (Å²) in [5.74, 6) is -0.173. The molecule has 0 saturated heterocycles. The lowest BCUT2D eigenvalue weighted by atomic mass is 9.94. The molecule has 84 valence electrons.